The highest BCUT2D eigenvalue weighted by molar-refractivity contribution is 5.84. The summed E-state index contributed by atoms with van der Waals surface area (Å²) < 4.78 is 5.02. The van der Waals surface area contributed by atoms with Crippen molar-refractivity contribution in [3.05, 3.63) is 35.9 Å². The number of methoxy groups -OCH3 is 1. The number of unbranched alkanes of at least 4 members (excludes halogenated alkanes) is 7. The highest BCUT2D eigenvalue weighted by Crippen LogP contribution is 2.68. The molecule has 0 saturated heterocycles. The first-order valence-electron chi connectivity index (χ1n) is 21.1. The van der Waals surface area contributed by atoms with Crippen molar-refractivity contribution >= 4 is 11.9 Å². The molecular weight excluding hydrogens is 635 g/mol. The second-order valence-corrected chi connectivity index (χ2v) is 17.9. The first kappa shape index (κ1) is 40.2. The number of hydrogen-bond acceptors (Lipinski definition) is 6. The van der Waals surface area contributed by atoms with Crippen LogP contribution in [0.25, 0.3) is 0 Å². The Kier molecular flexibility index (Phi) is 14.9. The molecule has 1 amide bonds. The normalized spacial score (nSPS) is 34.1. The van der Waals surface area contributed by atoms with Crippen LogP contribution in [0.2, 0.25) is 0 Å². The smallest absolute Gasteiger partial charge is 0.328 e. The molecule has 0 spiro atoms. The zero-order valence-corrected chi connectivity index (χ0v) is 32.7. The van der Waals surface area contributed by atoms with Gasteiger partial charge in [-0.15, -0.1) is 0 Å². The molecule has 0 unspecified atom stereocenters. The third-order valence-corrected chi connectivity index (χ3v) is 14.9. The SMILES string of the molecule is COC(=O)[C@H](Cc1ccccc1)NC(=O)CC[C@@H](C)[C@H]1CC[C@H]2[C@@H]3[C@H](O)C[C@@H]4C[C@@H](NCCCCCCCCCCN)CC[C@]4(C)[C@H]3CC[C@]12C. The maximum atomic E-state index is 13.2. The quantitative estimate of drug-likeness (QED) is 0.0857. The Bertz CT molecular complexity index is 1230. The molecule has 4 fully saturated rings. The Balaban J connectivity index is 1.09. The minimum Gasteiger partial charge on any atom is -0.467 e. The van der Waals surface area contributed by atoms with E-state index in [0.29, 0.717) is 59.8 Å². The van der Waals surface area contributed by atoms with Gasteiger partial charge in [0.25, 0.3) is 0 Å². The van der Waals surface area contributed by atoms with E-state index >= 15 is 0 Å². The van der Waals surface area contributed by atoms with Crippen LogP contribution in [-0.4, -0.2) is 55.4 Å². The summed E-state index contributed by atoms with van der Waals surface area (Å²) in [5, 5.41) is 18.8. The fraction of sp³-hybridized carbons (Fsp3) is 0.818. The van der Waals surface area contributed by atoms with Gasteiger partial charge in [-0.1, -0.05) is 89.6 Å². The third-order valence-electron chi connectivity index (χ3n) is 14.9. The molecule has 0 bridgehead atoms. The van der Waals surface area contributed by atoms with Crippen LogP contribution in [0.4, 0.5) is 0 Å². The number of fused-ring (bicyclic) bond motifs is 5. The molecule has 0 radical (unpaired) electrons. The van der Waals surface area contributed by atoms with E-state index < -0.39 is 12.0 Å². The fourth-order valence-electron chi connectivity index (χ4n) is 12.0. The largest absolute Gasteiger partial charge is 0.467 e. The number of esters is 1. The van der Waals surface area contributed by atoms with Crippen molar-refractivity contribution in [2.45, 2.75) is 161 Å². The molecule has 0 aromatic heterocycles. The molecule has 7 nitrogen and oxygen atoms in total. The summed E-state index contributed by atoms with van der Waals surface area (Å²) in [5.41, 5.74) is 7.16. The van der Waals surface area contributed by atoms with E-state index in [2.05, 4.69) is 31.4 Å². The van der Waals surface area contributed by atoms with Gasteiger partial charge >= 0.3 is 5.97 Å². The van der Waals surface area contributed by atoms with Crippen LogP contribution in [0.5, 0.6) is 0 Å². The van der Waals surface area contributed by atoms with Crippen LogP contribution in [0, 0.1) is 46.3 Å². The summed E-state index contributed by atoms with van der Waals surface area (Å²) in [7, 11) is 1.38. The summed E-state index contributed by atoms with van der Waals surface area (Å²) in [5.74, 6) is 2.71. The lowest BCUT2D eigenvalue weighted by atomic mass is 9.43. The van der Waals surface area contributed by atoms with Gasteiger partial charge in [0.1, 0.15) is 6.04 Å². The lowest BCUT2D eigenvalue weighted by Crippen LogP contribution is -2.59. The van der Waals surface area contributed by atoms with Crippen LogP contribution < -0.4 is 16.4 Å². The number of ether oxygens (including phenoxy) is 1. The first-order chi connectivity index (χ1) is 24.6. The van der Waals surface area contributed by atoms with Crippen LogP contribution in [0.3, 0.4) is 0 Å². The molecule has 7 heteroatoms. The van der Waals surface area contributed by atoms with Crippen molar-refractivity contribution in [3.8, 4) is 0 Å². The van der Waals surface area contributed by atoms with Crippen molar-refractivity contribution in [2.75, 3.05) is 20.2 Å². The number of carbonyl (C=O) groups is 2. The number of nitrogens with one attached hydrogen (secondary N) is 2. The molecule has 5 rings (SSSR count). The van der Waals surface area contributed by atoms with Crippen molar-refractivity contribution < 1.29 is 19.4 Å². The predicted molar refractivity (Wildman–Crippen MR) is 207 cm³/mol. The number of benzene rings is 1. The Hall–Kier alpha value is -1.96. The first-order valence-corrected chi connectivity index (χ1v) is 21.1. The highest BCUT2D eigenvalue weighted by Gasteiger charge is 2.62. The molecule has 1 aromatic rings. The Morgan fingerprint density at radius 3 is 2.27 bits per heavy atom. The molecule has 51 heavy (non-hydrogen) atoms. The summed E-state index contributed by atoms with van der Waals surface area (Å²) in [6.07, 6.45) is 21.6. The van der Waals surface area contributed by atoms with Crippen LogP contribution in [0.15, 0.2) is 30.3 Å². The van der Waals surface area contributed by atoms with Gasteiger partial charge < -0.3 is 26.2 Å². The summed E-state index contributed by atoms with van der Waals surface area (Å²) in [6, 6.07) is 9.71. The van der Waals surface area contributed by atoms with E-state index in [0.717, 1.165) is 31.5 Å². The minimum atomic E-state index is -0.676. The number of aliphatic hydroxyl groups is 1. The maximum absolute atomic E-state index is 13.2. The average molecular weight is 708 g/mol. The van der Waals surface area contributed by atoms with Crippen LogP contribution in [-0.2, 0) is 20.7 Å². The number of rotatable bonds is 19. The molecule has 0 heterocycles. The second-order valence-electron chi connectivity index (χ2n) is 17.9. The van der Waals surface area contributed by atoms with Crippen LogP contribution in [0.1, 0.15) is 142 Å². The van der Waals surface area contributed by atoms with E-state index in [9.17, 15) is 14.7 Å². The van der Waals surface area contributed by atoms with Crippen LogP contribution >= 0.6 is 0 Å². The molecule has 11 atom stereocenters. The second kappa shape index (κ2) is 18.9. The number of aliphatic hydroxyl groups excluding tert-OH is 1. The number of hydrogen-bond donors (Lipinski definition) is 4. The van der Waals surface area contributed by atoms with Gasteiger partial charge in [0.05, 0.1) is 13.2 Å². The molecule has 5 N–H and O–H groups in total. The molecular formula is C44H73N3O4. The monoisotopic (exact) mass is 708 g/mol. The Morgan fingerprint density at radius 1 is 0.902 bits per heavy atom. The van der Waals surface area contributed by atoms with Gasteiger partial charge in [-0.3, -0.25) is 4.79 Å². The predicted octanol–water partition coefficient (Wildman–Crippen LogP) is 7.97. The fourth-order valence-corrected chi connectivity index (χ4v) is 12.0. The van der Waals surface area contributed by atoms with E-state index in [4.69, 9.17) is 10.5 Å². The van der Waals surface area contributed by atoms with Crippen molar-refractivity contribution in [1.82, 2.24) is 10.6 Å². The molecule has 288 valence electrons. The zero-order valence-electron chi connectivity index (χ0n) is 32.7. The summed E-state index contributed by atoms with van der Waals surface area (Å²) in [4.78, 5) is 25.7. The number of nitrogens with two attached hydrogens (primary N) is 1. The number of carbonyl (C=O) groups excluding carboxylic acids is 2. The van der Waals surface area contributed by atoms with Gasteiger partial charge in [-0.05, 0) is 136 Å². The standard InChI is InChI=1S/C44H73N3O4/c1-31(18-21-40(49)47-38(42(50)51-4)28-32-16-12-11-13-17-32)35-19-20-36-41-37(23-25-44(35,36)3)43(2)24-22-34(29-33(43)30-39(41)48)46-27-15-10-8-6-5-7-9-14-26-45/h11-13,16-17,31,33-39,41,46,48H,5-10,14-15,18-30,45H2,1-4H3,(H,47,49)/t31-,33+,34+,35-,36+,37+,38+,39-,41+,43+,44-/m1/s1. The Morgan fingerprint density at radius 2 is 1.57 bits per heavy atom. The lowest BCUT2D eigenvalue weighted by Gasteiger charge is -2.62. The highest BCUT2D eigenvalue weighted by atomic mass is 16.5. The molecule has 4 aliphatic rings. The third kappa shape index (κ3) is 9.78. The summed E-state index contributed by atoms with van der Waals surface area (Å²) >= 11 is 0. The molecule has 4 aliphatic carbocycles. The van der Waals surface area contributed by atoms with Crippen molar-refractivity contribution in [3.63, 3.8) is 0 Å². The van der Waals surface area contributed by atoms with E-state index in [1.54, 1.807) is 0 Å². The van der Waals surface area contributed by atoms with Gasteiger partial charge in [0, 0.05) is 18.9 Å². The maximum Gasteiger partial charge on any atom is 0.328 e. The minimum absolute atomic E-state index is 0.0759. The van der Waals surface area contributed by atoms with Gasteiger partial charge in [-0.25, -0.2) is 4.79 Å². The average Bonchev–Trinajstić information content (AvgIpc) is 3.48. The van der Waals surface area contributed by atoms with Gasteiger partial charge in [-0.2, -0.15) is 0 Å². The topological polar surface area (TPSA) is 114 Å². The number of amides is 1. The van der Waals surface area contributed by atoms with Gasteiger partial charge in [0.2, 0.25) is 5.91 Å². The van der Waals surface area contributed by atoms with E-state index in [-0.39, 0.29) is 17.4 Å². The lowest BCUT2D eigenvalue weighted by molar-refractivity contribution is -0.167. The van der Waals surface area contributed by atoms with Crippen molar-refractivity contribution in [2.24, 2.45) is 52.1 Å². The molecule has 0 aliphatic heterocycles. The van der Waals surface area contributed by atoms with Gasteiger partial charge in [0.15, 0.2) is 0 Å². The summed E-state index contributed by atoms with van der Waals surface area (Å²) in [6.45, 7) is 9.43. The Labute approximate surface area is 310 Å². The molecule has 1 aromatic carbocycles. The van der Waals surface area contributed by atoms with E-state index in [1.807, 2.05) is 30.3 Å². The molecule has 4 saturated carbocycles. The zero-order chi connectivity index (χ0) is 36.4. The van der Waals surface area contributed by atoms with Crippen molar-refractivity contribution in [1.29, 1.82) is 0 Å². The van der Waals surface area contributed by atoms with E-state index in [1.165, 1.54) is 103 Å².